The predicted octanol–water partition coefficient (Wildman–Crippen LogP) is 0.251. The molecule has 3 heterocycles. The van der Waals surface area contributed by atoms with Gasteiger partial charge < -0.3 is 14.7 Å². The van der Waals surface area contributed by atoms with Gasteiger partial charge in [-0.2, -0.15) is 0 Å². The van der Waals surface area contributed by atoms with Gasteiger partial charge in [-0.05, 0) is 19.4 Å². The normalized spacial score (nSPS) is 29.5. The van der Waals surface area contributed by atoms with Crippen molar-refractivity contribution in [3.05, 3.63) is 18.0 Å². The van der Waals surface area contributed by atoms with Crippen LogP contribution in [0, 0.1) is 0 Å². The van der Waals surface area contributed by atoms with Gasteiger partial charge in [-0.3, -0.25) is 4.79 Å². The van der Waals surface area contributed by atoms with Crippen LogP contribution in [0.4, 0.5) is 0 Å². The molecule has 3 rings (SSSR count). The number of nitrogens with zero attached hydrogens (tertiary/aromatic N) is 2. The van der Waals surface area contributed by atoms with Crippen LogP contribution in [0.1, 0.15) is 23.2 Å². The number of amides is 1. The minimum Gasteiger partial charge on any atom is -0.364 e. The van der Waals surface area contributed by atoms with Crippen LogP contribution in [-0.2, 0) is 0 Å². The van der Waals surface area contributed by atoms with Crippen LogP contribution in [0.25, 0.3) is 0 Å². The number of aromatic nitrogens is 1. The molecule has 2 atom stereocenters. The quantitative estimate of drug-likeness (QED) is 0.717. The molecule has 0 aliphatic carbocycles. The van der Waals surface area contributed by atoms with Gasteiger partial charge in [0, 0.05) is 18.6 Å². The van der Waals surface area contributed by atoms with Gasteiger partial charge in [-0.25, -0.2) is 0 Å². The molecule has 15 heavy (non-hydrogen) atoms. The third-order valence-corrected chi connectivity index (χ3v) is 3.28. The highest BCUT2D eigenvalue weighted by Crippen LogP contribution is 2.27. The smallest absolute Gasteiger partial charge is 0.259 e. The monoisotopic (exact) mass is 207 g/mol. The topological polar surface area (TPSA) is 58.4 Å². The van der Waals surface area contributed by atoms with Crippen molar-refractivity contribution in [2.45, 2.75) is 24.9 Å². The maximum atomic E-state index is 11.9. The van der Waals surface area contributed by atoms with E-state index in [4.69, 9.17) is 0 Å². The van der Waals surface area contributed by atoms with E-state index in [1.165, 1.54) is 12.5 Å². The molecule has 2 aliphatic heterocycles. The second-order valence-electron chi connectivity index (χ2n) is 4.14. The molecule has 5 heteroatoms. The van der Waals surface area contributed by atoms with Crippen molar-refractivity contribution >= 4 is 5.91 Å². The maximum absolute atomic E-state index is 11.9. The fourth-order valence-electron chi connectivity index (χ4n) is 2.41. The third-order valence-electron chi connectivity index (χ3n) is 3.28. The van der Waals surface area contributed by atoms with E-state index in [0.717, 1.165) is 25.9 Å². The lowest BCUT2D eigenvalue weighted by Gasteiger charge is -2.50. The highest BCUT2D eigenvalue weighted by atomic mass is 16.5. The summed E-state index contributed by atoms with van der Waals surface area (Å²) >= 11 is 0. The number of hydrogen-bond donors (Lipinski definition) is 1. The number of nitrogens with one attached hydrogen (secondary N) is 1. The highest BCUT2D eigenvalue weighted by Gasteiger charge is 2.43. The minimum atomic E-state index is 0.0428. The molecule has 0 aromatic carbocycles. The van der Waals surface area contributed by atoms with E-state index in [-0.39, 0.29) is 5.91 Å². The average Bonchev–Trinajstić information content (AvgIpc) is 2.72. The summed E-state index contributed by atoms with van der Waals surface area (Å²) in [5.41, 5.74) is 0.555. The van der Waals surface area contributed by atoms with Gasteiger partial charge in [-0.15, -0.1) is 0 Å². The summed E-state index contributed by atoms with van der Waals surface area (Å²) in [6.07, 6.45) is 5.14. The minimum absolute atomic E-state index is 0.0428. The van der Waals surface area contributed by atoms with Crippen molar-refractivity contribution in [2.75, 3.05) is 13.1 Å². The van der Waals surface area contributed by atoms with Gasteiger partial charge in [-0.1, -0.05) is 5.16 Å². The molecule has 1 amide bonds. The molecule has 0 saturated carbocycles. The number of likely N-dealkylation sites (tertiary alicyclic amines) is 1. The van der Waals surface area contributed by atoms with E-state index in [2.05, 4.69) is 15.0 Å². The third kappa shape index (κ3) is 1.34. The molecule has 0 spiro atoms. The van der Waals surface area contributed by atoms with Gasteiger partial charge in [0.1, 0.15) is 6.26 Å². The second-order valence-corrected chi connectivity index (χ2v) is 4.14. The van der Waals surface area contributed by atoms with E-state index in [9.17, 15) is 4.79 Å². The molecule has 0 bridgehead atoms. The standard InChI is InChI=1S/C10H13N3O2/c14-10(7-4-12-15-6-7)13-5-8-9(13)2-1-3-11-8/h4,6,8-9,11H,1-3,5H2. The molecule has 2 saturated heterocycles. The molecule has 0 radical (unpaired) electrons. The van der Waals surface area contributed by atoms with Crippen molar-refractivity contribution in [2.24, 2.45) is 0 Å². The Morgan fingerprint density at radius 2 is 2.60 bits per heavy atom. The largest absolute Gasteiger partial charge is 0.364 e. The summed E-state index contributed by atoms with van der Waals surface area (Å²) in [7, 11) is 0. The van der Waals surface area contributed by atoms with Gasteiger partial charge >= 0.3 is 0 Å². The van der Waals surface area contributed by atoms with Crippen LogP contribution in [0.3, 0.4) is 0 Å². The van der Waals surface area contributed by atoms with E-state index in [1.54, 1.807) is 0 Å². The lowest BCUT2D eigenvalue weighted by molar-refractivity contribution is 0.0174. The van der Waals surface area contributed by atoms with Crippen LogP contribution in [0.5, 0.6) is 0 Å². The van der Waals surface area contributed by atoms with E-state index >= 15 is 0 Å². The van der Waals surface area contributed by atoms with E-state index < -0.39 is 0 Å². The number of hydrogen-bond acceptors (Lipinski definition) is 4. The Morgan fingerprint density at radius 1 is 1.67 bits per heavy atom. The Hall–Kier alpha value is -1.36. The Labute approximate surface area is 87.4 Å². The Balaban J connectivity index is 1.72. The molecular weight excluding hydrogens is 194 g/mol. The fourth-order valence-corrected chi connectivity index (χ4v) is 2.41. The molecule has 1 aromatic heterocycles. The molecule has 2 aliphatic rings. The first-order valence-electron chi connectivity index (χ1n) is 5.30. The summed E-state index contributed by atoms with van der Waals surface area (Å²) in [5.74, 6) is 0.0428. The van der Waals surface area contributed by atoms with Crippen LogP contribution >= 0.6 is 0 Å². The number of fused-ring (bicyclic) bond motifs is 1. The average molecular weight is 207 g/mol. The van der Waals surface area contributed by atoms with Crippen LogP contribution in [0.2, 0.25) is 0 Å². The van der Waals surface area contributed by atoms with Gasteiger partial charge in [0.15, 0.2) is 0 Å². The van der Waals surface area contributed by atoms with Crippen molar-refractivity contribution in [1.29, 1.82) is 0 Å². The summed E-state index contributed by atoms with van der Waals surface area (Å²) in [6, 6.07) is 0.878. The molecule has 80 valence electrons. The van der Waals surface area contributed by atoms with Gasteiger partial charge in [0.05, 0.1) is 11.8 Å². The molecule has 2 fully saturated rings. The Bertz CT molecular complexity index is 363. The zero-order valence-corrected chi connectivity index (χ0v) is 8.35. The van der Waals surface area contributed by atoms with E-state index in [1.807, 2.05) is 4.90 Å². The number of carbonyl (C=O) groups excluding carboxylic acids is 1. The molecule has 1 aromatic rings. The van der Waals surface area contributed by atoms with Crippen molar-refractivity contribution in [1.82, 2.24) is 15.4 Å². The number of piperidine rings is 1. The highest BCUT2D eigenvalue weighted by molar-refractivity contribution is 5.94. The molecule has 5 nitrogen and oxygen atoms in total. The van der Waals surface area contributed by atoms with Crippen LogP contribution in [-0.4, -0.2) is 41.1 Å². The first-order chi connectivity index (χ1) is 7.36. The van der Waals surface area contributed by atoms with Crippen LogP contribution in [0.15, 0.2) is 17.0 Å². The first-order valence-corrected chi connectivity index (χ1v) is 5.30. The number of carbonyl (C=O) groups is 1. The summed E-state index contributed by atoms with van der Waals surface area (Å²) < 4.78 is 4.68. The second kappa shape index (κ2) is 3.34. The zero-order valence-electron chi connectivity index (χ0n) is 8.35. The molecule has 1 N–H and O–H groups in total. The lowest BCUT2D eigenvalue weighted by Crippen LogP contribution is -2.69. The van der Waals surface area contributed by atoms with Gasteiger partial charge in [0.25, 0.3) is 5.91 Å². The zero-order chi connectivity index (χ0) is 10.3. The number of rotatable bonds is 1. The summed E-state index contributed by atoms with van der Waals surface area (Å²) in [4.78, 5) is 13.8. The first kappa shape index (κ1) is 8.91. The Kier molecular flexibility index (Phi) is 1.98. The molecular formula is C10H13N3O2. The molecule has 2 unspecified atom stereocenters. The summed E-state index contributed by atoms with van der Waals surface area (Å²) in [6.45, 7) is 1.89. The van der Waals surface area contributed by atoms with Crippen molar-refractivity contribution in [3.8, 4) is 0 Å². The maximum Gasteiger partial charge on any atom is 0.259 e. The summed E-state index contributed by atoms with van der Waals surface area (Å²) in [5, 5.41) is 6.97. The predicted molar refractivity (Wildman–Crippen MR) is 52.4 cm³/mol. The van der Waals surface area contributed by atoms with Crippen LogP contribution < -0.4 is 5.32 Å². The van der Waals surface area contributed by atoms with Crippen molar-refractivity contribution < 1.29 is 9.32 Å². The fraction of sp³-hybridized carbons (Fsp3) is 0.600. The SMILES string of the molecule is O=C(c1cnoc1)N1CC2NCCCC21. The Morgan fingerprint density at radius 3 is 3.33 bits per heavy atom. The van der Waals surface area contributed by atoms with Crippen molar-refractivity contribution in [3.63, 3.8) is 0 Å². The lowest BCUT2D eigenvalue weighted by atomic mass is 9.88. The van der Waals surface area contributed by atoms with E-state index in [0.29, 0.717) is 17.6 Å². The van der Waals surface area contributed by atoms with Gasteiger partial charge in [0.2, 0.25) is 0 Å².